The van der Waals surface area contributed by atoms with Crippen molar-refractivity contribution < 1.29 is 31.9 Å². The third-order valence-corrected chi connectivity index (χ3v) is 5.37. The maximum atomic E-state index is 12.7. The third-order valence-electron chi connectivity index (χ3n) is 5.37. The lowest BCUT2D eigenvalue weighted by Gasteiger charge is -2.25. The van der Waals surface area contributed by atoms with E-state index >= 15 is 0 Å². The van der Waals surface area contributed by atoms with Crippen molar-refractivity contribution in [2.45, 2.75) is 38.6 Å². The fourth-order valence-electron chi connectivity index (χ4n) is 3.28. The van der Waals surface area contributed by atoms with E-state index in [9.17, 15) is 18.0 Å². The van der Waals surface area contributed by atoms with Crippen LogP contribution in [0, 0.1) is 6.92 Å². The number of nitrogens with one attached hydrogen (secondary N) is 1. The van der Waals surface area contributed by atoms with Gasteiger partial charge < -0.3 is 19.2 Å². The number of alkyl halides is 3. The Labute approximate surface area is 188 Å². The maximum Gasteiger partial charge on any atom is 0.416 e. The van der Waals surface area contributed by atoms with Crippen LogP contribution in [0.5, 0.6) is 5.75 Å². The van der Waals surface area contributed by atoms with Gasteiger partial charge in [0.2, 0.25) is 5.89 Å². The van der Waals surface area contributed by atoms with Crippen molar-refractivity contribution in [3.63, 3.8) is 0 Å². The van der Waals surface area contributed by atoms with Crippen molar-refractivity contribution in [1.29, 1.82) is 0 Å². The number of ether oxygens (including phenoxy) is 2. The van der Waals surface area contributed by atoms with Gasteiger partial charge >= 0.3 is 12.1 Å². The van der Waals surface area contributed by atoms with Gasteiger partial charge in [-0.15, -0.1) is 0 Å². The molecular weight excluding hydrogens is 437 g/mol. The van der Waals surface area contributed by atoms with Gasteiger partial charge in [-0.3, -0.25) is 4.79 Å². The van der Waals surface area contributed by atoms with E-state index in [0.717, 1.165) is 30.7 Å². The van der Waals surface area contributed by atoms with Gasteiger partial charge in [0.05, 0.1) is 17.9 Å². The number of benzene rings is 2. The van der Waals surface area contributed by atoms with Gasteiger partial charge in [0.15, 0.2) is 0 Å². The van der Waals surface area contributed by atoms with Crippen LogP contribution in [0.15, 0.2) is 52.9 Å². The smallest absolute Gasteiger partial charge is 0.416 e. The van der Waals surface area contributed by atoms with Crippen LogP contribution in [0.2, 0.25) is 0 Å². The van der Waals surface area contributed by atoms with Crippen molar-refractivity contribution in [2.75, 3.05) is 13.2 Å². The summed E-state index contributed by atoms with van der Waals surface area (Å²) in [7, 11) is 0. The Hall–Kier alpha value is -3.33. The summed E-state index contributed by atoms with van der Waals surface area (Å²) < 4.78 is 54.8. The molecule has 174 valence electrons. The first kappa shape index (κ1) is 22.8. The average molecular weight is 460 g/mol. The van der Waals surface area contributed by atoms with Crippen molar-refractivity contribution in [3.05, 3.63) is 71.1 Å². The van der Waals surface area contributed by atoms with E-state index < -0.39 is 11.7 Å². The molecule has 0 amide bonds. The first-order valence-corrected chi connectivity index (χ1v) is 10.6. The second-order valence-corrected chi connectivity index (χ2v) is 7.74. The van der Waals surface area contributed by atoms with E-state index in [2.05, 4.69) is 10.3 Å². The SMILES string of the molecule is Cc1oc(-c2ccc(C(F)(F)F)cc2)nc1CCOc1ccc(COC(=O)C2CCN2)cc1. The number of hydrogen-bond acceptors (Lipinski definition) is 6. The lowest BCUT2D eigenvalue weighted by atomic mass is 10.1. The third kappa shape index (κ3) is 5.73. The zero-order chi connectivity index (χ0) is 23.4. The predicted octanol–water partition coefficient (Wildman–Crippen LogP) is 4.70. The zero-order valence-electron chi connectivity index (χ0n) is 17.9. The summed E-state index contributed by atoms with van der Waals surface area (Å²) in [5.41, 5.74) is 1.30. The van der Waals surface area contributed by atoms with Gasteiger partial charge in [0.25, 0.3) is 0 Å². The highest BCUT2D eigenvalue weighted by molar-refractivity contribution is 5.76. The molecule has 0 aliphatic carbocycles. The van der Waals surface area contributed by atoms with Crippen molar-refractivity contribution >= 4 is 5.97 Å². The lowest BCUT2D eigenvalue weighted by Crippen LogP contribution is -2.49. The van der Waals surface area contributed by atoms with E-state index in [1.165, 1.54) is 12.1 Å². The van der Waals surface area contributed by atoms with E-state index in [-0.39, 0.29) is 24.5 Å². The Morgan fingerprint density at radius 1 is 1.15 bits per heavy atom. The molecule has 0 spiro atoms. The molecule has 1 N–H and O–H groups in total. The Morgan fingerprint density at radius 3 is 2.45 bits per heavy atom. The minimum absolute atomic E-state index is 0.188. The summed E-state index contributed by atoms with van der Waals surface area (Å²) in [6, 6.07) is 11.8. The van der Waals surface area contributed by atoms with Crippen LogP contribution in [0.3, 0.4) is 0 Å². The molecule has 1 unspecified atom stereocenters. The summed E-state index contributed by atoms with van der Waals surface area (Å²) in [4.78, 5) is 16.2. The minimum atomic E-state index is -4.39. The number of oxazole rings is 1. The molecular formula is C24H23F3N2O4. The Bertz CT molecular complexity index is 1090. The van der Waals surface area contributed by atoms with Crippen LogP contribution < -0.4 is 10.1 Å². The topological polar surface area (TPSA) is 73.6 Å². The molecule has 1 aliphatic heterocycles. The Kier molecular flexibility index (Phi) is 6.69. The monoisotopic (exact) mass is 460 g/mol. The molecule has 6 nitrogen and oxygen atoms in total. The van der Waals surface area contributed by atoms with Gasteiger partial charge in [-0.2, -0.15) is 13.2 Å². The predicted molar refractivity (Wildman–Crippen MR) is 114 cm³/mol. The molecule has 4 rings (SSSR count). The highest BCUT2D eigenvalue weighted by Gasteiger charge is 2.30. The number of esters is 1. The lowest BCUT2D eigenvalue weighted by molar-refractivity contribution is -0.149. The molecule has 0 radical (unpaired) electrons. The zero-order valence-corrected chi connectivity index (χ0v) is 17.9. The van der Waals surface area contributed by atoms with Gasteiger partial charge in [-0.25, -0.2) is 4.98 Å². The number of carbonyl (C=O) groups excluding carboxylic acids is 1. The summed E-state index contributed by atoms with van der Waals surface area (Å²) in [5, 5.41) is 3.00. The number of halogens is 3. The molecule has 9 heteroatoms. The number of carbonyl (C=O) groups is 1. The van der Waals surface area contributed by atoms with E-state index in [4.69, 9.17) is 13.9 Å². The molecule has 0 saturated carbocycles. The Balaban J connectivity index is 1.27. The second kappa shape index (κ2) is 9.66. The van der Waals surface area contributed by atoms with Gasteiger partial charge in [-0.1, -0.05) is 12.1 Å². The second-order valence-electron chi connectivity index (χ2n) is 7.74. The summed E-state index contributed by atoms with van der Waals surface area (Å²) in [5.74, 6) is 1.29. The van der Waals surface area contributed by atoms with Crippen molar-refractivity contribution in [1.82, 2.24) is 10.3 Å². The average Bonchev–Trinajstić information content (AvgIpc) is 3.12. The molecule has 2 aromatic carbocycles. The number of nitrogens with zero attached hydrogens (tertiary/aromatic N) is 1. The van der Waals surface area contributed by atoms with Gasteiger partial charge in [0, 0.05) is 12.0 Å². The van der Waals surface area contributed by atoms with Gasteiger partial charge in [-0.05, 0) is 61.9 Å². The molecule has 2 heterocycles. The minimum Gasteiger partial charge on any atom is -0.493 e. The van der Waals surface area contributed by atoms with E-state index in [1.54, 1.807) is 19.1 Å². The van der Waals surface area contributed by atoms with Crippen LogP contribution in [0.25, 0.3) is 11.5 Å². The molecule has 1 aliphatic rings. The Morgan fingerprint density at radius 2 is 1.85 bits per heavy atom. The molecule has 1 aromatic heterocycles. The van der Waals surface area contributed by atoms with E-state index in [0.29, 0.717) is 35.8 Å². The normalized spacial score (nSPS) is 15.7. The van der Waals surface area contributed by atoms with Crippen LogP contribution in [0.4, 0.5) is 13.2 Å². The standard InChI is InChI=1S/C24H23F3N2O4/c1-15-20(29-22(33-15)17-4-6-18(7-5-17)24(25,26)27)11-13-31-19-8-2-16(3-9-19)14-32-23(30)21-10-12-28-21/h2-9,21,28H,10-14H2,1H3. The number of hydrogen-bond donors (Lipinski definition) is 1. The van der Waals surface area contributed by atoms with Crippen LogP contribution >= 0.6 is 0 Å². The van der Waals surface area contributed by atoms with Gasteiger partial charge in [0.1, 0.15) is 24.2 Å². The molecule has 1 saturated heterocycles. The summed E-state index contributed by atoms with van der Waals surface area (Å²) >= 11 is 0. The summed E-state index contributed by atoms with van der Waals surface area (Å²) in [6.45, 7) is 3.16. The summed E-state index contributed by atoms with van der Waals surface area (Å²) in [6.07, 6.45) is -3.10. The van der Waals surface area contributed by atoms with Crippen molar-refractivity contribution in [3.8, 4) is 17.2 Å². The molecule has 0 bridgehead atoms. The van der Waals surface area contributed by atoms with Crippen molar-refractivity contribution in [2.24, 2.45) is 0 Å². The van der Waals surface area contributed by atoms with Crippen LogP contribution in [0.1, 0.15) is 29.0 Å². The highest BCUT2D eigenvalue weighted by Crippen LogP contribution is 2.31. The number of aromatic nitrogens is 1. The highest BCUT2D eigenvalue weighted by atomic mass is 19.4. The van der Waals surface area contributed by atoms with E-state index in [1.807, 2.05) is 12.1 Å². The first-order valence-electron chi connectivity index (χ1n) is 10.6. The fourth-order valence-corrected chi connectivity index (χ4v) is 3.28. The molecule has 1 atom stereocenters. The fraction of sp³-hybridized carbons (Fsp3) is 0.333. The van der Waals surface area contributed by atoms with Crippen LogP contribution in [-0.2, 0) is 28.7 Å². The quantitative estimate of drug-likeness (QED) is 0.492. The first-order chi connectivity index (χ1) is 15.8. The van der Waals surface area contributed by atoms with Crippen LogP contribution in [-0.4, -0.2) is 30.1 Å². The molecule has 33 heavy (non-hydrogen) atoms. The molecule has 3 aromatic rings. The maximum absolute atomic E-state index is 12.7. The number of aryl methyl sites for hydroxylation is 1. The molecule has 1 fully saturated rings. The number of rotatable bonds is 8. The largest absolute Gasteiger partial charge is 0.493 e.